The number of fused-ring (bicyclic) bond motifs is 1. The summed E-state index contributed by atoms with van der Waals surface area (Å²) in [7, 11) is 0. The maximum absolute atomic E-state index is 13.4. The van der Waals surface area contributed by atoms with Crippen molar-refractivity contribution in [2.24, 2.45) is 0 Å². The molecule has 0 saturated heterocycles. The monoisotopic (exact) mass is 523 g/mol. The molecule has 0 fully saturated rings. The van der Waals surface area contributed by atoms with Gasteiger partial charge in [0.25, 0.3) is 5.91 Å². The lowest BCUT2D eigenvalue weighted by atomic mass is 9.92. The summed E-state index contributed by atoms with van der Waals surface area (Å²) in [6, 6.07) is 20.9. The number of carboxylic acids is 1. The van der Waals surface area contributed by atoms with Gasteiger partial charge in [0, 0.05) is 11.8 Å². The third-order valence-electron chi connectivity index (χ3n) is 6.12. The smallest absolute Gasteiger partial charge is 0.416 e. The molecule has 6 nitrogen and oxygen atoms in total. The van der Waals surface area contributed by atoms with E-state index in [0.29, 0.717) is 16.5 Å². The minimum Gasteiger partial charge on any atom is -0.508 e. The number of halogens is 3. The Labute approximate surface area is 216 Å². The molecule has 1 unspecified atom stereocenters. The number of carbonyl (C=O) groups is 2. The molecule has 1 atom stereocenters. The first-order valence-corrected chi connectivity index (χ1v) is 11.6. The molecule has 0 spiro atoms. The Morgan fingerprint density at radius 1 is 0.895 bits per heavy atom. The quantitative estimate of drug-likeness (QED) is 0.265. The molecule has 4 rings (SSSR count). The lowest BCUT2D eigenvalue weighted by molar-refractivity contribution is -0.143. The van der Waals surface area contributed by atoms with Crippen molar-refractivity contribution >= 4 is 22.6 Å². The zero-order valence-electron chi connectivity index (χ0n) is 20.3. The Balaban J connectivity index is 1.64. The van der Waals surface area contributed by atoms with Crippen LogP contribution in [-0.2, 0) is 24.0 Å². The van der Waals surface area contributed by atoms with E-state index < -0.39 is 29.2 Å². The highest BCUT2D eigenvalue weighted by atomic mass is 19.4. The van der Waals surface area contributed by atoms with Crippen molar-refractivity contribution in [3.8, 4) is 11.5 Å². The van der Waals surface area contributed by atoms with Crippen LogP contribution >= 0.6 is 0 Å². The van der Waals surface area contributed by atoms with Crippen molar-refractivity contribution in [1.82, 2.24) is 5.32 Å². The maximum atomic E-state index is 13.4. The number of nitrogens with one attached hydrogen (secondary N) is 1. The van der Waals surface area contributed by atoms with Gasteiger partial charge in [-0.15, -0.1) is 0 Å². The fraction of sp³-hybridized carbons (Fsp3) is 0.172. The van der Waals surface area contributed by atoms with Gasteiger partial charge in [0.2, 0.25) is 0 Å². The Bertz CT molecular complexity index is 1480. The van der Waals surface area contributed by atoms with Gasteiger partial charge in [-0.2, -0.15) is 13.2 Å². The van der Waals surface area contributed by atoms with Crippen LogP contribution in [0, 0.1) is 0 Å². The number of rotatable bonds is 8. The van der Waals surface area contributed by atoms with Crippen molar-refractivity contribution in [2.75, 3.05) is 0 Å². The van der Waals surface area contributed by atoms with Gasteiger partial charge in [-0.3, -0.25) is 4.79 Å². The van der Waals surface area contributed by atoms with Gasteiger partial charge >= 0.3 is 12.1 Å². The first kappa shape index (κ1) is 26.5. The summed E-state index contributed by atoms with van der Waals surface area (Å²) in [5.41, 5.74) is -1.48. The van der Waals surface area contributed by atoms with Crippen LogP contribution in [0.25, 0.3) is 10.8 Å². The van der Waals surface area contributed by atoms with Crippen molar-refractivity contribution in [3.05, 3.63) is 107 Å². The van der Waals surface area contributed by atoms with Crippen LogP contribution in [0.15, 0.2) is 84.9 Å². The van der Waals surface area contributed by atoms with Gasteiger partial charge in [0.05, 0.1) is 11.1 Å². The highest BCUT2D eigenvalue weighted by molar-refractivity contribution is 6.05. The molecule has 4 aromatic rings. The minimum atomic E-state index is -4.46. The number of amides is 1. The van der Waals surface area contributed by atoms with Gasteiger partial charge in [0.15, 0.2) is 0 Å². The first-order chi connectivity index (χ1) is 18.0. The van der Waals surface area contributed by atoms with Crippen LogP contribution in [0.4, 0.5) is 13.2 Å². The van der Waals surface area contributed by atoms with Gasteiger partial charge < -0.3 is 20.3 Å². The van der Waals surface area contributed by atoms with Crippen molar-refractivity contribution in [1.29, 1.82) is 0 Å². The van der Waals surface area contributed by atoms with E-state index in [-0.39, 0.29) is 30.1 Å². The topological polar surface area (TPSA) is 95.9 Å². The van der Waals surface area contributed by atoms with E-state index in [1.54, 1.807) is 36.4 Å². The molecule has 0 heterocycles. The van der Waals surface area contributed by atoms with Crippen LogP contribution < -0.4 is 10.1 Å². The van der Waals surface area contributed by atoms with Crippen LogP contribution in [0.1, 0.15) is 34.0 Å². The third-order valence-corrected chi connectivity index (χ3v) is 6.12. The van der Waals surface area contributed by atoms with E-state index in [1.165, 1.54) is 37.3 Å². The number of hydrogen-bond acceptors (Lipinski definition) is 4. The molecule has 38 heavy (non-hydrogen) atoms. The van der Waals surface area contributed by atoms with Crippen LogP contribution in [0.3, 0.4) is 0 Å². The van der Waals surface area contributed by atoms with E-state index in [4.69, 9.17) is 4.74 Å². The summed E-state index contributed by atoms with van der Waals surface area (Å²) in [6.45, 7) is 1.24. The van der Waals surface area contributed by atoms with Crippen LogP contribution in [0.2, 0.25) is 0 Å². The number of benzene rings is 4. The largest absolute Gasteiger partial charge is 0.508 e. The molecule has 0 aliphatic carbocycles. The summed E-state index contributed by atoms with van der Waals surface area (Å²) in [5.74, 6) is -1.84. The number of hydrogen-bond donors (Lipinski definition) is 3. The number of carboxylic acid groups (broad SMARTS) is 1. The van der Waals surface area contributed by atoms with Gasteiger partial charge in [-0.05, 0) is 53.8 Å². The summed E-state index contributed by atoms with van der Waals surface area (Å²) >= 11 is 0. The van der Waals surface area contributed by atoms with Crippen LogP contribution in [0.5, 0.6) is 11.5 Å². The van der Waals surface area contributed by atoms with Gasteiger partial charge in [-0.25, -0.2) is 4.79 Å². The van der Waals surface area contributed by atoms with Crippen molar-refractivity contribution < 1.29 is 37.7 Å². The second-order valence-corrected chi connectivity index (χ2v) is 9.08. The van der Waals surface area contributed by atoms with E-state index in [0.717, 1.165) is 17.5 Å². The Hall–Kier alpha value is -4.53. The first-order valence-electron chi connectivity index (χ1n) is 11.6. The molecule has 0 bridgehead atoms. The van der Waals surface area contributed by atoms with E-state index in [1.807, 2.05) is 6.07 Å². The fourth-order valence-corrected chi connectivity index (χ4v) is 4.09. The third kappa shape index (κ3) is 5.88. The van der Waals surface area contributed by atoms with Gasteiger partial charge in [0.1, 0.15) is 23.6 Å². The summed E-state index contributed by atoms with van der Waals surface area (Å²) in [4.78, 5) is 25.6. The lowest BCUT2D eigenvalue weighted by Crippen LogP contribution is -2.53. The number of phenols is 1. The highest BCUT2D eigenvalue weighted by Gasteiger charge is 2.36. The maximum Gasteiger partial charge on any atom is 0.416 e. The molecule has 1 amide bonds. The molecule has 3 N–H and O–H groups in total. The number of aromatic hydroxyl groups is 1. The second-order valence-electron chi connectivity index (χ2n) is 9.08. The molecule has 0 saturated carbocycles. The average molecular weight is 524 g/mol. The molecule has 9 heteroatoms. The zero-order valence-corrected chi connectivity index (χ0v) is 20.3. The predicted octanol–water partition coefficient (Wildman–Crippen LogP) is 5.96. The molecular weight excluding hydrogens is 499 g/mol. The molecule has 0 aliphatic heterocycles. The predicted molar refractivity (Wildman–Crippen MR) is 135 cm³/mol. The molecule has 196 valence electrons. The lowest BCUT2D eigenvalue weighted by Gasteiger charge is -2.27. The van der Waals surface area contributed by atoms with Gasteiger partial charge in [-0.1, -0.05) is 54.6 Å². The standard InChI is InChI=1S/C29H24F3NO5/c1-28(27(36)37,16-19-5-4-7-22(34)15-19)33-26(35)24-14-11-20-6-2-3-8-23(20)25(24)38-17-18-9-12-21(13-10-18)29(30,31)32/h2-15,34H,16-17H2,1H3,(H,33,35)(H,36,37). The summed E-state index contributed by atoms with van der Waals surface area (Å²) in [6.07, 6.45) is -4.56. The van der Waals surface area contributed by atoms with Crippen molar-refractivity contribution in [2.45, 2.75) is 31.7 Å². The molecular formula is C29H24F3NO5. The molecule has 4 aromatic carbocycles. The molecule has 0 aliphatic rings. The number of phenolic OH excluding ortho intramolecular Hbond substituents is 1. The fourth-order valence-electron chi connectivity index (χ4n) is 4.09. The van der Waals surface area contributed by atoms with Crippen molar-refractivity contribution in [3.63, 3.8) is 0 Å². The Morgan fingerprint density at radius 3 is 2.26 bits per heavy atom. The average Bonchev–Trinajstić information content (AvgIpc) is 2.86. The van der Waals surface area contributed by atoms with E-state index in [9.17, 15) is 33.0 Å². The highest BCUT2D eigenvalue weighted by Crippen LogP contribution is 2.32. The SMILES string of the molecule is CC(Cc1cccc(O)c1)(NC(=O)c1ccc2ccccc2c1OCc1ccc(C(F)(F)F)cc1)C(=O)O. The number of ether oxygens (including phenoxy) is 1. The normalized spacial score (nSPS) is 13.1. The number of carbonyl (C=O) groups excluding carboxylic acids is 1. The Morgan fingerprint density at radius 2 is 1.61 bits per heavy atom. The minimum absolute atomic E-state index is 0.0324. The van der Waals surface area contributed by atoms with E-state index in [2.05, 4.69) is 5.32 Å². The summed E-state index contributed by atoms with van der Waals surface area (Å²) < 4.78 is 44.7. The second kappa shape index (κ2) is 10.5. The number of alkyl halides is 3. The molecule has 0 aromatic heterocycles. The van der Waals surface area contributed by atoms with Crippen LogP contribution in [-0.4, -0.2) is 27.6 Å². The zero-order chi connectivity index (χ0) is 27.5. The Kier molecular flexibility index (Phi) is 7.30. The molecule has 0 radical (unpaired) electrons. The van der Waals surface area contributed by atoms with E-state index >= 15 is 0 Å². The number of aliphatic carboxylic acids is 1. The summed E-state index contributed by atoms with van der Waals surface area (Å²) in [5, 5.41) is 23.6.